The van der Waals surface area contributed by atoms with Crippen molar-refractivity contribution in [1.82, 2.24) is 10.6 Å². The van der Waals surface area contributed by atoms with Crippen LogP contribution >= 0.6 is 0 Å². The Morgan fingerprint density at radius 3 is 2.50 bits per heavy atom. The molecule has 0 bridgehead atoms. The van der Waals surface area contributed by atoms with Crippen molar-refractivity contribution in [3.63, 3.8) is 0 Å². The van der Waals surface area contributed by atoms with E-state index in [1.165, 1.54) is 0 Å². The van der Waals surface area contributed by atoms with Gasteiger partial charge in [-0.25, -0.2) is 0 Å². The second kappa shape index (κ2) is 7.45. The van der Waals surface area contributed by atoms with Gasteiger partial charge >= 0.3 is 0 Å². The first kappa shape index (κ1) is 14.2. The molecule has 4 N–H and O–H groups in total. The second-order valence-corrected chi connectivity index (χ2v) is 3.99. The molecule has 98 valence electrons. The molecule has 2 amide bonds. The van der Waals surface area contributed by atoms with Crippen LogP contribution < -0.4 is 16.4 Å². The van der Waals surface area contributed by atoms with E-state index in [2.05, 4.69) is 10.6 Å². The molecule has 0 aliphatic rings. The summed E-state index contributed by atoms with van der Waals surface area (Å²) in [5, 5.41) is 5.16. The fraction of sp³-hybridized carbons (Fsp3) is 0.385. The summed E-state index contributed by atoms with van der Waals surface area (Å²) in [5.74, 6) is -0.238. The van der Waals surface area contributed by atoms with Crippen molar-refractivity contribution in [3.8, 4) is 0 Å². The molecule has 18 heavy (non-hydrogen) atoms. The first-order valence-corrected chi connectivity index (χ1v) is 5.91. The van der Waals surface area contributed by atoms with E-state index in [1.54, 1.807) is 7.05 Å². The largest absolute Gasteiger partial charge is 0.359 e. The van der Waals surface area contributed by atoms with Gasteiger partial charge in [0.2, 0.25) is 11.8 Å². The number of benzene rings is 1. The summed E-state index contributed by atoms with van der Waals surface area (Å²) in [6.45, 7) is 0.333. The molecule has 1 unspecified atom stereocenters. The van der Waals surface area contributed by atoms with Crippen molar-refractivity contribution in [2.24, 2.45) is 5.73 Å². The minimum absolute atomic E-state index is 0.0948. The Bertz CT molecular complexity index is 392. The van der Waals surface area contributed by atoms with E-state index in [1.807, 2.05) is 30.3 Å². The van der Waals surface area contributed by atoms with Gasteiger partial charge in [0.05, 0.1) is 0 Å². The van der Waals surface area contributed by atoms with Crippen molar-refractivity contribution in [2.45, 2.75) is 18.9 Å². The second-order valence-electron chi connectivity index (χ2n) is 3.99. The Morgan fingerprint density at radius 1 is 1.22 bits per heavy atom. The van der Waals surface area contributed by atoms with E-state index >= 15 is 0 Å². The highest BCUT2D eigenvalue weighted by molar-refractivity contribution is 5.79. The predicted octanol–water partition coefficient (Wildman–Crippen LogP) is 0.329. The number of hydrogen-bond donors (Lipinski definition) is 3. The highest BCUT2D eigenvalue weighted by atomic mass is 16.2. The Morgan fingerprint density at radius 2 is 1.89 bits per heavy atom. The summed E-state index contributed by atoms with van der Waals surface area (Å²) in [6, 6.07) is 9.15. The molecule has 0 aromatic heterocycles. The monoisotopic (exact) mass is 249 g/mol. The summed E-state index contributed by atoms with van der Waals surface area (Å²) in [5.41, 5.74) is 6.84. The third-order valence-electron chi connectivity index (χ3n) is 2.59. The molecule has 0 aliphatic carbocycles. The molecule has 0 radical (unpaired) electrons. The van der Waals surface area contributed by atoms with Gasteiger partial charge in [-0.05, 0) is 5.56 Å². The van der Waals surface area contributed by atoms with Gasteiger partial charge in [-0.3, -0.25) is 9.59 Å². The molecule has 5 heteroatoms. The highest BCUT2D eigenvalue weighted by Crippen LogP contribution is 2.12. The molecule has 0 heterocycles. The van der Waals surface area contributed by atoms with E-state index in [-0.39, 0.29) is 30.7 Å². The van der Waals surface area contributed by atoms with Gasteiger partial charge in [0.15, 0.2) is 0 Å². The van der Waals surface area contributed by atoms with E-state index in [9.17, 15) is 9.59 Å². The molecule has 0 fully saturated rings. The zero-order valence-corrected chi connectivity index (χ0v) is 10.5. The average Bonchev–Trinajstić information content (AvgIpc) is 2.39. The predicted molar refractivity (Wildman–Crippen MR) is 69.7 cm³/mol. The summed E-state index contributed by atoms with van der Waals surface area (Å²) in [7, 11) is 1.56. The molecule has 1 aromatic rings. The SMILES string of the molecule is CNC(=O)CCNC(=O)CC(N)c1ccccc1. The van der Waals surface area contributed by atoms with Gasteiger partial charge in [-0.1, -0.05) is 30.3 Å². The van der Waals surface area contributed by atoms with E-state index in [0.717, 1.165) is 5.56 Å². The molecule has 5 nitrogen and oxygen atoms in total. The first-order chi connectivity index (χ1) is 8.63. The molecule has 0 spiro atoms. The number of carbonyl (C=O) groups is 2. The van der Waals surface area contributed by atoms with Crippen LogP contribution in [0, 0.1) is 0 Å². The summed E-state index contributed by atoms with van der Waals surface area (Å²) in [6.07, 6.45) is 0.501. The number of carbonyl (C=O) groups excluding carboxylic acids is 2. The molecule has 0 saturated heterocycles. The zero-order valence-electron chi connectivity index (χ0n) is 10.5. The van der Waals surface area contributed by atoms with Gasteiger partial charge in [0.25, 0.3) is 0 Å². The van der Waals surface area contributed by atoms with Crippen LogP contribution in [0.4, 0.5) is 0 Å². The fourth-order valence-corrected chi connectivity index (χ4v) is 1.53. The van der Waals surface area contributed by atoms with Crippen molar-refractivity contribution >= 4 is 11.8 Å². The van der Waals surface area contributed by atoms with Gasteiger partial charge in [0.1, 0.15) is 0 Å². The fourth-order valence-electron chi connectivity index (χ4n) is 1.53. The standard InChI is InChI=1S/C13H19N3O2/c1-15-12(17)7-8-16-13(18)9-11(14)10-5-3-2-4-6-10/h2-6,11H,7-9,14H2,1H3,(H,15,17)(H,16,18). The van der Waals surface area contributed by atoms with Crippen LogP contribution in [0.1, 0.15) is 24.4 Å². The molecular weight excluding hydrogens is 230 g/mol. The van der Waals surface area contributed by atoms with Crippen molar-refractivity contribution in [1.29, 1.82) is 0 Å². The van der Waals surface area contributed by atoms with Crippen molar-refractivity contribution in [2.75, 3.05) is 13.6 Å². The molecule has 1 aromatic carbocycles. The quantitative estimate of drug-likeness (QED) is 0.679. The van der Waals surface area contributed by atoms with E-state index in [0.29, 0.717) is 6.54 Å². The van der Waals surface area contributed by atoms with Crippen LogP contribution in [0.5, 0.6) is 0 Å². The third kappa shape index (κ3) is 4.97. The lowest BCUT2D eigenvalue weighted by Gasteiger charge is -2.11. The molecular formula is C13H19N3O2. The van der Waals surface area contributed by atoms with Gasteiger partial charge in [0, 0.05) is 32.5 Å². The van der Waals surface area contributed by atoms with Crippen LogP contribution in [0.15, 0.2) is 30.3 Å². The third-order valence-corrected chi connectivity index (χ3v) is 2.59. The Labute approximate surface area is 107 Å². The molecule has 1 rings (SSSR count). The smallest absolute Gasteiger partial charge is 0.221 e. The van der Waals surface area contributed by atoms with Crippen molar-refractivity contribution in [3.05, 3.63) is 35.9 Å². The van der Waals surface area contributed by atoms with Crippen LogP contribution in [0.2, 0.25) is 0 Å². The number of nitrogens with two attached hydrogens (primary N) is 1. The zero-order chi connectivity index (χ0) is 13.4. The molecule has 1 atom stereocenters. The maximum atomic E-state index is 11.6. The lowest BCUT2D eigenvalue weighted by atomic mass is 10.0. The topological polar surface area (TPSA) is 84.2 Å². The Balaban J connectivity index is 2.30. The number of hydrogen-bond acceptors (Lipinski definition) is 3. The maximum absolute atomic E-state index is 11.6. The van der Waals surface area contributed by atoms with Crippen molar-refractivity contribution < 1.29 is 9.59 Å². The highest BCUT2D eigenvalue weighted by Gasteiger charge is 2.11. The van der Waals surface area contributed by atoms with E-state index in [4.69, 9.17) is 5.73 Å². The van der Waals surface area contributed by atoms with Crippen LogP contribution in [0.25, 0.3) is 0 Å². The summed E-state index contributed by atoms with van der Waals surface area (Å²) in [4.78, 5) is 22.5. The van der Waals surface area contributed by atoms with Gasteiger partial charge in [-0.2, -0.15) is 0 Å². The number of nitrogens with one attached hydrogen (secondary N) is 2. The van der Waals surface area contributed by atoms with Crippen LogP contribution in [-0.2, 0) is 9.59 Å². The number of rotatable bonds is 6. The summed E-state index contributed by atoms with van der Waals surface area (Å²) < 4.78 is 0. The van der Waals surface area contributed by atoms with Crippen LogP contribution in [-0.4, -0.2) is 25.4 Å². The number of amides is 2. The Hall–Kier alpha value is -1.88. The minimum Gasteiger partial charge on any atom is -0.359 e. The first-order valence-electron chi connectivity index (χ1n) is 5.91. The van der Waals surface area contributed by atoms with Gasteiger partial charge in [-0.15, -0.1) is 0 Å². The lowest BCUT2D eigenvalue weighted by molar-refractivity contribution is -0.122. The van der Waals surface area contributed by atoms with Crippen LogP contribution in [0.3, 0.4) is 0 Å². The Kier molecular flexibility index (Phi) is 5.87. The average molecular weight is 249 g/mol. The summed E-state index contributed by atoms with van der Waals surface area (Å²) >= 11 is 0. The lowest BCUT2D eigenvalue weighted by Crippen LogP contribution is -2.31. The molecule has 0 saturated carbocycles. The van der Waals surface area contributed by atoms with Gasteiger partial charge < -0.3 is 16.4 Å². The molecule has 0 aliphatic heterocycles. The minimum atomic E-state index is -0.314. The van der Waals surface area contributed by atoms with E-state index < -0.39 is 0 Å². The normalized spacial score (nSPS) is 11.7. The maximum Gasteiger partial charge on any atom is 0.221 e.